The van der Waals surface area contributed by atoms with E-state index in [4.69, 9.17) is 4.74 Å². The van der Waals surface area contributed by atoms with E-state index < -0.39 is 11.9 Å². The largest absolute Gasteiger partial charge is 0.465 e. The number of anilines is 3. The molecule has 7 heteroatoms. The molecule has 0 saturated heterocycles. The van der Waals surface area contributed by atoms with Gasteiger partial charge in [-0.1, -0.05) is 29.8 Å². The fourth-order valence-electron chi connectivity index (χ4n) is 2.40. The van der Waals surface area contributed by atoms with Gasteiger partial charge >= 0.3 is 5.97 Å². The molecule has 27 heavy (non-hydrogen) atoms. The summed E-state index contributed by atoms with van der Waals surface area (Å²) in [6, 6.07) is 15.9. The molecule has 0 saturated carbocycles. The average Bonchev–Trinajstić information content (AvgIpc) is 2.70. The summed E-state index contributed by atoms with van der Waals surface area (Å²) >= 11 is 0. The molecule has 1 heterocycles. The van der Waals surface area contributed by atoms with Crippen LogP contribution in [0.4, 0.5) is 17.2 Å². The molecule has 7 nitrogen and oxygen atoms in total. The number of rotatable bonds is 5. The summed E-state index contributed by atoms with van der Waals surface area (Å²) in [5.74, 6) is -0.503. The second-order valence-corrected chi connectivity index (χ2v) is 5.77. The summed E-state index contributed by atoms with van der Waals surface area (Å²) in [5.41, 5.74) is 2.77. The summed E-state index contributed by atoms with van der Waals surface area (Å²) in [4.78, 5) is 32.5. The van der Waals surface area contributed by atoms with Crippen LogP contribution in [-0.2, 0) is 4.74 Å². The van der Waals surface area contributed by atoms with Crippen LogP contribution in [0.25, 0.3) is 0 Å². The minimum absolute atomic E-state index is 0.166. The number of carbonyl (C=O) groups is 2. The highest BCUT2D eigenvalue weighted by molar-refractivity contribution is 6.07. The predicted octanol–water partition coefficient (Wildman–Crippen LogP) is 3.57. The van der Waals surface area contributed by atoms with Crippen molar-refractivity contribution in [3.8, 4) is 0 Å². The first kappa shape index (κ1) is 18.1. The molecule has 0 atom stereocenters. The van der Waals surface area contributed by atoms with Crippen LogP contribution in [0, 0.1) is 6.92 Å². The maximum atomic E-state index is 12.5. The Balaban J connectivity index is 1.78. The Bertz CT molecular complexity index is 971. The van der Waals surface area contributed by atoms with Crippen LogP contribution in [0.2, 0.25) is 0 Å². The van der Waals surface area contributed by atoms with E-state index in [1.165, 1.54) is 19.5 Å². The molecule has 0 fully saturated rings. The van der Waals surface area contributed by atoms with E-state index in [0.717, 1.165) is 11.3 Å². The number of aryl methyl sites for hydroxylation is 1. The Hall–Kier alpha value is -3.74. The van der Waals surface area contributed by atoms with Crippen LogP contribution in [0.3, 0.4) is 0 Å². The van der Waals surface area contributed by atoms with E-state index in [-0.39, 0.29) is 11.3 Å². The number of hydrogen-bond donors (Lipinski definition) is 2. The van der Waals surface area contributed by atoms with Crippen molar-refractivity contribution in [3.63, 3.8) is 0 Å². The Morgan fingerprint density at radius 3 is 2.48 bits per heavy atom. The molecule has 0 radical (unpaired) electrons. The van der Waals surface area contributed by atoms with E-state index in [9.17, 15) is 9.59 Å². The third-order valence-electron chi connectivity index (χ3n) is 3.80. The van der Waals surface area contributed by atoms with E-state index in [2.05, 4.69) is 20.6 Å². The molecule has 2 aromatic carbocycles. The first-order valence-electron chi connectivity index (χ1n) is 8.21. The Morgan fingerprint density at radius 2 is 1.74 bits per heavy atom. The third-order valence-corrected chi connectivity index (χ3v) is 3.80. The smallest absolute Gasteiger partial charge is 0.339 e. The van der Waals surface area contributed by atoms with Crippen LogP contribution >= 0.6 is 0 Å². The van der Waals surface area contributed by atoms with E-state index in [1.54, 1.807) is 24.3 Å². The van der Waals surface area contributed by atoms with Crippen LogP contribution in [0.15, 0.2) is 60.9 Å². The van der Waals surface area contributed by atoms with Crippen molar-refractivity contribution < 1.29 is 14.3 Å². The van der Waals surface area contributed by atoms with Crippen LogP contribution in [0.5, 0.6) is 0 Å². The molecule has 0 unspecified atom stereocenters. The zero-order chi connectivity index (χ0) is 19.2. The lowest BCUT2D eigenvalue weighted by molar-refractivity contribution is 0.0602. The number of carbonyl (C=O) groups excluding carboxylic acids is 2. The standard InChI is InChI=1S/C20H18N4O3/c1-13-7-9-14(10-8-13)23-18-11-17(21-12-22-18)19(25)24-16-6-4-3-5-15(16)20(26)27-2/h3-12H,1-2H3,(H,24,25)(H,21,22,23). The molecule has 3 aromatic rings. The van der Waals surface area contributed by atoms with Gasteiger partial charge in [-0.25, -0.2) is 14.8 Å². The predicted molar refractivity (Wildman–Crippen MR) is 102 cm³/mol. The number of nitrogens with one attached hydrogen (secondary N) is 2. The fraction of sp³-hybridized carbons (Fsp3) is 0.100. The van der Waals surface area contributed by atoms with Crippen molar-refractivity contribution >= 4 is 29.1 Å². The lowest BCUT2D eigenvalue weighted by Crippen LogP contribution is -2.17. The first-order valence-corrected chi connectivity index (χ1v) is 8.21. The highest BCUT2D eigenvalue weighted by Crippen LogP contribution is 2.18. The monoisotopic (exact) mass is 362 g/mol. The van der Waals surface area contributed by atoms with Crippen molar-refractivity contribution in [1.82, 2.24) is 9.97 Å². The van der Waals surface area contributed by atoms with Crippen molar-refractivity contribution in [1.29, 1.82) is 0 Å². The maximum absolute atomic E-state index is 12.5. The number of ether oxygens (including phenoxy) is 1. The van der Waals surface area contributed by atoms with Gasteiger partial charge in [-0.3, -0.25) is 4.79 Å². The molecule has 136 valence electrons. The van der Waals surface area contributed by atoms with E-state index >= 15 is 0 Å². The topological polar surface area (TPSA) is 93.2 Å². The van der Waals surface area contributed by atoms with Gasteiger partial charge in [0.25, 0.3) is 5.91 Å². The van der Waals surface area contributed by atoms with Gasteiger partial charge in [0.15, 0.2) is 0 Å². The molecule has 0 bridgehead atoms. The minimum Gasteiger partial charge on any atom is -0.465 e. The van der Waals surface area contributed by atoms with Gasteiger partial charge in [0, 0.05) is 11.8 Å². The van der Waals surface area contributed by atoms with Gasteiger partial charge in [-0.05, 0) is 31.2 Å². The SMILES string of the molecule is COC(=O)c1ccccc1NC(=O)c1cc(Nc2ccc(C)cc2)ncn1. The quantitative estimate of drug-likeness (QED) is 0.674. The molecule has 0 aliphatic rings. The molecular formula is C20H18N4O3. The van der Waals surface area contributed by atoms with Gasteiger partial charge in [0.2, 0.25) is 0 Å². The molecule has 3 rings (SSSR count). The van der Waals surface area contributed by atoms with E-state index in [0.29, 0.717) is 11.5 Å². The number of para-hydroxylation sites is 1. The van der Waals surface area contributed by atoms with Crippen molar-refractivity contribution in [2.45, 2.75) is 6.92 Å². The molecular weight excluding hydrogens is 344 g/mol. The molecule has 0 spiro atoms. The van der Waals surface area contributed by atoms with Crippen molar-refractivity contribution in [2.24, 2.45) is 0 Å². The first-order chi connectivity index (χ1) is 13.1. The maximum Gasteiger partial charge on any atom is 0.339 e. The van der Waals surface area contributed by atoms with Gasteiger partial charge in [0.1, 0.15) is 17.8 Å². The second-order valence-electron chi connectivity index (χ2n) is 5.77. The zero-order valence-corrected chi connectivity index (χ0v) is 14.9. The molecule has 0 aliphatic carbocycles. The highest BCUT2D eigenvalue weighted by Gasteiger charge is 2.15. The minimum atomic E-state index is -0.532. The summed E-state index contributed by atoms with van der Waals surface area (Å²) in [6.07, 6.45) is 1.30. The summed E-state index contributed by atoms with van der Waals surface area (Å²) < 4.78 is 4.73. The third kappa shape index (κ3) is 4.46. The van der Waals surface area contributed by atoms with Gasteiger partial charge < -0.3 is 15.4 Å². The highest BCUT2D eigenvalue weighted by atomic mass is 16.5. The summed E-state index contributed by atoms with van der Waals surface area (Å²) in [7, 11) is 1.29. The normalized spacial score (nSPS) is 10.1. The summed E-state index contributed by atoms with van der Waals surface area (Å²) in [5, 5.41) is 5.81. The van der Waals surface area contributed by atoms with Crippen molar-refractivity contribution in [3.05, 3.63) is 77.7 Å². The number of methoxy groups -OCH3 is 1. The second kappa shape index (κ2) is 8.09. The van der Waals surface area contributed by atoms with Crippen LogP contribution in [-0.4, -0.2) is 29.0 Å². The molecule has 0 aliphatic heterocycles. The fourth-order valence-corrected chi connectivity index (χ4v) is 2.40. The number of benzene rings is 2. The lowest BCUT2D eigenvalue weighted by Gasteiger charge is -2.10. The number of amides is 1. The average molecular weight is 362 g/mol. The van der Waals surface area contributed by atoms with Crippen LogP contribution < -0.4 is 10.6 Å². The zero-order valence-electron chi connectivity index (χ0n) is 14.9. The van der Waals surface area contributed by atoms with Gasteiger partial charge in [-0.15, -0.1) is 0 Å². The van der Waals surface area contributed by atoms with Gasteiger partial charge in [0.05, 0.1) is 18.4 Å². The lowest BCUT2D eigenvalue weighted by atomic mass is 10.1. The number of hydrogen-bond acceptors (Lipinski definition) is 6. The molecule has 1 amide bonds. The van der Waals surface area contributed by atoms with E-state index in [1.807, 2.05) is 31.2 Å². The van der Waals surface area contributed by atoms with Crippen molar-refractivity contribution in [2.75, 3.05) is 17.7 Å². The summed E-state index contributed by atoms with van der Waals surface area (Å²) in [6.45, 7) is 2.00. The molecule has 2 N–H and O–H groups in total. The number of aromatic nitrogens is 2. The Labute approximate surface area is 156 Å². The van der Waals surface area contributed by atoms with Gasteiger partial charge in [-0.2, -0.15) is 0 Å². The Kier molecular flexibility index (Phi) is 5.41. The number of nitrogens with zero attached hydrogens (tertiary/aromatic N) is 2. The van der Waals surface area contributed by atoms with Crippen LogP contribution in [0.1, 0.15) is 26.4 Å². The number of esters is 1. The Morgan fingerprint density at radius 1 is 1.00 bits per heavy atom. The molecule has 1 aromatic heterocycles.